The number of nitrogens with two attached hydrogens (primary N) is 1. The van der Waals surface area contributed by atoms with Gasteiger partial charge in [-0.15, -0.1) is 0 Å². The van der Waals surface area contributed by atoms with Gasteiger partial charge in [0, 0.05) is 5.69 Å². The van der Waals surface area contributed by atoms with Gasteiger partial charge in [-0.25, -0.2) is 4.98 Å². The molecule has 2 aromatic rings. The van der Waals surface area contributed by atoms with E-state index in [1.165, 1.54) is 0 Å². The molecule has 0 spiro atoms. The van der Waals surface area contributed by atoms with Crippen LogP contribution in [0.3, 0.4) is 0 Å². The van der Waals surface area contributed by atoms with Crippen molar-refractivity contribution in [3.05, 3.63) is 29.6 Å². The lowest BCUT2D eigenvalue weighted by Gasteiger charge is -2.01. The Morgan fingerprint density at radius 2 is 2.31 bits per heavy atom. The highest BCUT2D eigenvalue weighted by atomic mass is 15.1. The van der Waals surface area contributed by atoms with Crippen molar-refractivity contribution >= 4 is 11.5 Å². The smallest absolute Gasteiger partial charge is 0.156 e. The van der Waals surface area contributed by atoms with Crippen LogP contribution < -0.4 is 5.73 Å². The molecule has 0 amide bonds. The first-order valence-corrected chi connectivity index (χ1v) is 3.86. The fraction of sp³-hybridized carbons (Fsp3) is 0.111. The van der Waals surface area contributed by atoms with Gasteiger partial charge in [0.15, 0.2) is 5.65 Å². The number of fused-ring (bicyclic) bond motifs is 1. The zero-order valence-electron chi connectivity index (χ0n) is 7.15. The van der Waals surface area contributed by atoms with E-state index in [0.29, 0.717) is 17.0 Å². The number of aromatic nitrogens is 2. The predicted molar refractivity (Wildman–Crippen MR) is 49.1 cm³/mol. The summed E-state index contributed by atoms with van der Waals surface area (Å²) in [5.74, 6) is 0.560. The molecular formula is C9H8N4. The van der Waals surface area contributed by atoms with Crippen molar-refractivity contribution in [2.24, 2.45) is 0 Å². The lowest BCUT2D eigenvalue weighted by Crippen LogP contribution is -1.97. The number of hydrogen-bond donors (Lipinski definition) is 1. The number of nitrogens with zero attached hydrogens (tertiary/aromatic N) is 3. The van der Waals surface area contributed by atoms with Crippen LogP contribution in [0.2, 0.25) is 0 Å². The standard InChI is InChI=1S/C9H8N4/c1-6-2-3-7(4-10)9-12-5-8(11)13(6)9/h2-3,5H,11H2,1H3. The first-order chi connectivity index (χ1) is 6.24. The van der Waals surface area contributed by atoms with Gasteiger partial charge in [-0.3, -0.25) is 4.40 Å². The topological polar surface area (TPSA) is 67.1 Å². The fourth-order valence-electron chi connectivity index (χ4n) is 1.37. The number of imidazole rings is 1. The molecule has 2 N–H and O–H groups in total. The Hall–Kier alpha value is -2.02. The summed E-state index contributed by atoms with van der Waals surface area (Å²) in [6, 6.07) is 5.67. The van der Waals surface area contributed by atoms with Gasteiger partial charge in [0.25, 0.3) is 0 Å². The average Bonchev–Trinajstić information content (AvgIpc) is 2.50. The molecule has 0 bridgehead atoms. The Labute approximate surface area is 75.2 Å². The van der Waals surface area contributed by atoms with Gasteiger partial charge in [0.2, 0.25) is 0 Å². The number of nitriles is 1. The molecular weight excluding hydrogens is 164 g/mol. The zero-order valence-corrected chi connectivity index (χ0v) is 7.15. The summed E-state index contributed by atoms with van der Waals surface area (Å²) in [4.78, 5) is 4.07. The molecule has 2 rings (SSSR count). The zero-order chi connectivity index (χ0) is 9.42. The van der Waals surface area contributed by atoms with E-state index in [4.69, 9.17) is 11.0 Å². The summed E-state index contributed by atoms with van der Waals surface area (Å²) in [5, 5.41) is 8.79. The predicted octanol–water partition coefficient (Wildman–Crippen LogP) is 1.10. The van der Waals surface area contributed by atoms with E-state index in [-0.39, 0.29) is 0 Å². The Balaban J connectivity index is 2.97. The summed E-state index contributed by atoms with van der Waals surface area (Å²) < 4.78 is 1.76. The summed E-state index contributed by atoms with van der Waals surface area (Å²) >= 11 is 0. The van der Waals surface area contributed by atoms with Crippen LogP contribution in [0, 0.1) is 18.3 Å². The third-order valence-electron chi connectivity index (χ3n) is 1.99. The highest BCUT2D eigenvalue weighted by Gasteiger charge is 2.06. The lowest BCUT2D eigenvalue weighted by atomic mass is 10.2. The molecule has 0 saturated carbocycles. The molecule has 0 saturated heterocycles. The highest BCUT2D eigenvalue weighted by Crippen LogP contribution is 2.15. The minimum absolute atomic E-state index is 0.544. The van der Waals surface area contributed by atoms with Gasteiger partial charge in [0.05, 0.1) is 11.8 Å². The van der Waals surface area contributed by atoms with Crippen molar-refractivity contribution in [2.45, 2.75) is 6.92 Å². The van der Waals surface area contributed by atoms with Crippen molar-refractivity contribution < 1.29 is 0 Å². The van der Waals surface area contributed by atoms with E-state index in [2.05, 4.69) is 11.1 Å². The number of pyridine rings is 1. The van der Waals surface area contributed by atoms with Crippen LogP contribution in [0.1, 0.15) is 11.3 Å². The average molecular weight is 172 g/mol. The van der Waals surface area contributed by atoms with Gasteiger partial charge in [-0.2, -0.15) is 5.26 Å². The molecule has 0 aliphatic carbocycles. The second-order valence-corrected chi connectivity index (χ2v) is 2.84. The molecule has 64 valence electrons. The largest absolute Gasteiger partial charge is 0.383 e. The van der Waals surface area contributed by atoms with Crippen molar-refractivity contribution in [3.63, 3.8) is 0 Å². The number of aryl methyl sites for hydroxylation is 1. The first kappa shape index (κ1) is 7.62. The Morgan fingerprint density at radius 3 is 3.00 bits per heavy atom. The third kappa shape index (κ3) is 0.942. The van der Waals surface area contributed by atoms with Crippen molar-refractivity contribution in [1.82, 2.24) is 9.38 Å². The second kappa shape index (κ2) is 2.49. The van der Waals surface area contributed by atoms with Crippen LogP contribution in [0.25, 0.3) is 5.65 Å². The summed E-state index contributed by atoms with van der Waals surface area (Å²) in [6.07, 6.45) is 1.56. The molecule has 4 heteroatoms. The molecule has 13 heavy (non-hydrogen) atoms. The van der Waals surface area contributed by atoms with Crippen LogP contribution in [-0.4, -0.2) is 9.38 Å². The maximum absolute atomic E-state index is 8.79. The van der Waals surface area contributed by atoms with Gasteiger partial charge < -0.3 is 5.73 Å². The minimum atomic E-state index is 0.544. The number of nitrogen functional groups attached to an aromatic ring is 1. The highest BCUT2D eigenvalue weighted by molar-refractivity contribution is 5.60. The maximum atomic E-state index is 8.79. The van der Waals surface area contributed by atoms with Gasteiger partial charge in [0.1, 0.15) is 11.9 Å². The van der Waals surface area contributed by atoms with Crippen LogP contribution in [0.15, 0.2) is 18.3 Å². The maximum Gasteiger partial charge on any atom is 0.156 e. The number of anilines is 1. The molecule has 2 heterocycles. The van der Waals surface area contributed by atoms with Crippen molar-refractivity contribution in [1.29, 1.82) is 5.26 Å². The van der Waals surface area contributed by atoms with Gasteiger partial charge in [-0.1, -0.05) is 0 Å². The normalized spacial score (nSPS) is 10.2. The van der Waals surface area contributed by atoms with Crippen molar-refractivity contribution in [2.75, 3.05) is 5.73 Å². The van der Waals surface area contributed by atoms with E-state index >= 15 is 0 Å². The van der Waals surface area contributed by atoms with E-state index < -0.39 is 0 Å². The van der Waals surface area contributed by atoms with E-state index in [1.54, 1.807) is 16.7 Å². The molecule has 0 fully saturated rings. The van der Waals surface area contributed by atoms with Gasteiger partial charge in [-0.05, 0) is 19.1 Å². The Bertz CT molecular complexity index is 504. The molecule has 0 aliphatic heterocycles. The molecule has 0 unspecified atom stereocenters. The van der Waals surface area contributed by atoms with Crippen LogP contribution in [0.5, 0.6) is 0 Å². The quantitative estimate of drug-likeness (QED) is 0.647. The summed E-state index contributed by atoms with van der Waals surface area (Å²) in [6.45, 7) is 1.92. The van der Waals surface area contributed by atoms with E-state index in [1.807, 2.05) is 13.0 Å². The molecule has 0 aliphatic rings. The number of rotatable bonds is 0. The SMILES string of the molecule is Cc1ccc(C#N)c2ncc(N)n12. The molecule has 2 aromatic heterocycles. The molecule has 4 nitrogen and oxygen atoms in total. The Morgan fingerprint density at radius 1 is 1.54 bits per heavy atom. The second-order valence-electron chi connectivity index (χ2n) is 2.84. The fourth-order valence-corrected chi connectivity index (χ4v) is 1.37. The Kier molecular flexibility index (Phi) is 1.46. The van der Waals surface area contributed by atoms with E-state index in [9.17, 15) is 0 Å². The molecule has 0 atom stereocenters. The minimum Gasteiger partial charge on any atom is -0.383 e. The number of hydrogen-bond acceptors (Lipinski definition) is 3. The van der Waals surface area contributed by atoms with Crippen molar-refractivity contribution in [3.8, 4) is 6.07 Å². The first-order valence-electron chi connectivity index (χ1n) is 3.86. The van der Waals surface area contributed by atoms with E-state index in [0.717, 1.165) is 5.69 Å². The molecule has 0 aromatic carbocycles. The van der Waals surface area contributed by atoms with Gasteiger partial charge >= 0.3 is 0 Å². The third-order valence-corrected chi connectivity index (χ3v) is 1.99. The monoisotopic (exact) mass is 172 g/mol. The van der Waals surface area contributed by atoms with Crippen LogP contribution in [0.4, 0.5) is 5.82 Å². The lowest BCUT2D eigenvalue weighted by molar-refractivity contribution is 1.10. The summed E-state index contributed by atoms with van der Waals surface area (Å²) in [7, 11) is 0. The molecule has 0 radical (unpaired) electrons. The summed E-state index contributed by atoms with van der Waals surface area (Å²) in [5.41, 5.74) is 7.84. The van der Waals surface area contributed by atoms with Crippen LogP contribution >= 0.6 is 0 Å². The van der Waals surface area contributed by atoms with Crippen LogP contribution in [-0.2, 0) is 0 Å².